The van der Waals surface area contributed by atoms with Gasteiger partial charge < -0.3 is 14.6 Å². The Morgan fingerprint density at radius 1 is 1.00 bits per heavy atom. The first-order chi connectivity index (χ1) is 16.8. The van der Waals surface area contributed by atoms with Crippen molar-refractivity contribution < 1.29 is 24.2 Å². The van der Waals surface area contributed by atoms with E-state index >= 15 is 0 Å². The smallest absolute Gasteiger partial charge is 0.300 e. The Bertz CT molecular complexity index is 1310. The van der Waals surface area contributed by atoms with Crippen LogP contribution in [0, 0.1) is 6.92 Å². The van der Waals surface area contributed by atoms with E-state index in [0.29, 0.717) is 34.0 Å². The number of aryl methyl sites for hydroxylation is 1. The minimum absolute atomic E-state index is 0.0254. The standard InChI is InChI=1S/C28H28N2O5/c1-16(2)18-15-19(17(3)14-23(18)35-5)26(31)24-25(20-10-8-9-13-29-20)30(28(33)27(24)32)21-11-6-7-12-22(21)34-4/h6-16,25,31H,1-5H3/b26-24+. The molecule has 1 amide bonds. The number of ketones is 1. The Labute approximate surface area is 204 Å². The normalized spacial score (nSPS) is 17.2. The van der Waals surface area contributed by atoms with Gasteiger partial charge in [0, 0.05) is 11.8 Å². The summed E-state index contributed by atoms with van der Waals surface area (Å²) in [5, 5.41) is 11.6. The highest BCUT2D eigenvalue weighted by molar-refractivity contribution is 6.51. The van der Waals surface area contributed by atoms with E-state index in [-0.39, 0.29) is 17.3 Å². The van der Waals surface area contributed by atoms with Crippen LogP contribution in [0.25, 0.3) is 5.76 Å². The van der Waals surface area contributed by atoms with Crippen LogP contribution in [0.3, 0.4) is 0 Å². The average Bonchev–Trinajstić information content (AvgIpc) is 3.13. The zero-order chi connectivity index (χ0) is 25.3. The largest absolute Gasteiger partial charge is 0.507 e. The third kappa shape index (κ3) is 4.14. The molecule has 0 saturated carbocycles. The van der Waals surface area contributed by atoms with E-state index in [2.05, 4.69) is 4.98 Å². The number of Topliss-reactive ketones (excluding diaryl/α,β-unsaturated/α-hetero) is 1. The first-order valence-electron chi connectivity index (χ1n) is 11.3. The van der Waals surface area contributed by atoms with Crippen LogP contribution in [0.5, 0.6) is 11.5 Å². The lowest BCUT2D eigenvalue weighted by Gasteiger charge is -2.26. The molecule has 1 aliphatic rings. The number of nitrogens with zero attached hydrogens (tertiary/aromatic N) is 2. The number of para-hydroxylation sites is 2. The van der Waals surface area contributed by atoms with Gasteiger partial charge in [0.15, 0.2) is 0 Å². The van der Waals surface area contributed by atoms with E-state index in [1.807, 2.05) is 32.9 Å². The minimum atomic E-state index is -0.934. The summed E-state index contributed by atoms with van der Waals surface area (Å²) in [6.45, 7) is 5.87. The number of aliphatic hydroxyl groups is 1. The average molecular weight is 473 g/mol. The molecule has 0 spiro atoms. The molecule has 1 saturated heterocycles. The number of rotatable bonds is 6. The van der Waals surface area contributed by atoms with Crippen LogP contribution in [0.1, 0.15) is 48.2 Å². The monoisotopic (exact) mass is 472 g/mol. The summed E-state index contributed by atoms with van der Waals surface area (Å²) in [5.41, 5.74) is 2.91. The Morgan fingerprint density at radius 2 is 1.69 bits per heavy atom. The summed E-state index contributed by atoms with van der Waals surface area (Å²) >= 11 is 0. The first kappa shape index (κ1) is 24.0. The number of carbonyl (C=O) groups excluding carboxylic acids is 2. The Hall–Kier alpha value is -4.13. The van der Waals surface area contributed by atoms with E-state index in [4.69, 9.17) is 9.47 Å². The first-order valence-corrected chi connectivity index (χ1v) is 11.3. The maximum Gasteiger partial charge on any atom is 0.300 e. The van der Waals surface area contributed by atoms with Gasteiger partial charge in [-0.25, -0.2) is 0 Å². The third-order valence-electron chi connectivity index (χ3n) is 6.21. The van der Waals surface area contributed by atoms with Crippen LogP contribution in [-0.4, -0.2) is 36.0 Å². The van der Waals surface area contributed by atoms with E-state index < -0.39 is 17.7 Å². The molecule has 35 heavy (non-hydrogen) atoms. The predicted octanol–water partition coefficient (Wildman–Crippen LogP) is 5.16. The highest BCUT2D eigenvalue weighted by Crippen LogP contribution is 2.45. The minimum Gasteiger partial charge on any atom is -0.507 e. The van der Waals surface area contributed by atoms with Gasteiger partial charge in [0.25, 0.3) is 11.7 Å². The topological polar surface area (TPSA) is 89.0 Å². The van der Waals surface area contributed by atoms with Crippen LogP contribution in [0.15, 0.2) is 66.4 Å². The fourth-order valence-corrected chi connectivity index (χ4v) is 4.45. The molecule has 1 aliphatic heterocycles. The number of pyridine rings is 1. The van der Waals surface area contributed by atoms with Gasteiger partial charge in [-0.15, -0.1) is 0 Å². The number of aliphatic hydroxyl groups excluding tert-OH is 1. The zero-order valence-electron chi connectivity index (χ0n) is 20.4. The molecule has 180 valence electrons. The second-order valence-electron chi connectivity index (χ2n) is 8.66. The second kappa shape index (κ2) is 9.62. The van der Waals surface area contributed by atoms with E-state index in [1.54, 1.807) is 55.8 Å². The molecule has 4 rings (SSSR count). The fourth-order valence-electron chi connectivity index (χ4n) is 4.45. The maximum absolute atomic E-state index is 13.4. The van der Waals surface area contributed by atoms with Crippen molar-refractivity contribution in [3.8, 4) is 11.5 Å². The van der Waals surface area contributed by atoms with Gasteiger partial charge in [0.05, 0.1) is 31.2 Å². The number of aromatic nitrogens is 1. The molecule has 7 nitrogen and oxygen atoms in total. The molecule has 1 atom stereocenters. The molecular weight excluding hydrogens is 444 g/mol. The summed E-state index contributed by atoms with van der Waals surface area (Å²) in [6, 6.07) is 14.9. The summed E-state index contributed by atoms with van der Waals surface area (Å²) in [4.78, 5) is 32.6. The van der Waals surface area contributed by atoms with Gasteiger partial charge in [-0.3, -0.25) is 19.5 Å². The van der Waals surface area contributed by atoms with Gasteiger partial charge >= 0.3 is 0 Å². The van der Waals surface area contributed by atoms with Crippen molar-refractivity contribution in [2.75, 3.05) is 19.1 Å². The Morgan fingerprint density at radius 3 is 2.31 bits per heavy atom. The van der Waals surface area contributed by atoms with E-state index in [1.165, 1.54) is 12.0 Å². The number of hydrogen-bond acceptors (Lipinski definition) is 6. The van der Waals surface area contributed by atoms with Crippen LogP contribution < -0.4 is 14.4 Å². The molecule has 0 radical (unpaired) electrons. The second-order valence-corrected chi connectivity index (χ2v) is 8.66. The fraction of sp³-hybridized carbons (Fsp3) is 0.250. The molecular formula is C28H28N2O5. The summed E-state index contributed by atoms with van der Waals surface area (Å²) < 4.78 is 11.0. The van der Waals surface area contributed by atoms with Crippen molar-refractivity contribution in [1.29, 1.82) is 0 Å². The van der Waals surface area contributed by atoms with Crippen molar-refractivity contribution in [2.45, 2.75) is 32.7 Å². The number of anilines is 1. The van der Waals surface area contributed by atoms with Crippen molar-refractivity contribution >= 4 is 23.1 Å². The number of amides is 1. The number of benzene rings is 2. The zero-order valence-corrected chi connectivity index (χ0v) is 20.4. The lowest BCUT2D eigenvalue weighted by Crippen LogP contribution is -2.30. The van der Waals surface area contributed by atoms with Crippen LogP contribution in [0.4, 0.5) is 5.69 Å². The predicted molar refractivity (Wildman–Crippen MR) is 134 cm³/mol. The molecule has 2 aromatic carbocycles. The van der Waals surface area contributed by atoms with Crippen molar-refractivity contribution in [1.82, 2.24) is 4.98 Å². The van der Waals surface area contributed by atoms with E-state index in [9.17, 15) is 14.7 Å². The quantitative estimate of drug-likeness (QED) is 0.303. The number of ether oxygens (including phenoxy) is 2. The van der Waals surface area contributed by atoms with Crippen molar-refractivity contribution in [2.24, 2.45) is 0 Å². The number of hydrogen-bond donors (Lipinski definition) is 1. The Kier molecular flexibility index (Phi) is 6.60. The molecule has 1 fully saturated rings. The molecule has 1 N–H and O–H groups in total. The van der Waals surface area contributed by atoms with Crippen LogP contribution >= 0.6 is 0 Å². The van der Waals surface area contributed by atoms with Gasteiger partial charge in [-0.05, 0) is 60.4 Å². The third-order valence-corrected chi connectivity index (χ3v) is 6.21. The molecule has 1 aromatic heterocycles. The number of carbonyl (C=O) groups is 2. The molecule has 3 aromatic rings. The van der Waals surface area contributed by atoms with Crippen molar-refractivity contribution in [3.63, 3.8) is 0 Å². The Balaban J connectivity index is 2.00. The summed E-state index contributed by atoms with van der Waals surface area (Å²) in [6.07, 6.45) is 1.59. The van der Waals surface area contributed by atoms with Crippen molar-refractivity contribution in [3.05, 3.63) is 88.8 Å². The lowest BCUT2D eigenvalue weighted by atomic mass is 9.92. The maximum atomic E-state index is 13.4. The molecule has 1 unspecified atom stereocenters. The van der Waals surface area contributed by atoms with Crippen LogP contribution in [-0.2, 0) is 9.59 Å². The van der Waals surface area contributed by atoms with Gasteiger partial charge in [0.2, 0.25) is 0 Å². The van der Waals surface area contributed by atoms with Crippen LogP contribution in [0.2, 0.25) is 0 Å². The number of methoxy groups -OCH3 is 2. The van der Waals surface area contributed by atoms with Gasteiger partial charge in [-0.1, -0.05) is 32.0 Å². The highest BCUT2D eigenvalue weighted by Gasteiger charge is 2.48. The molecule has 0 bridgehead atoms. The summed E-state index contributed by atoms with van der Waals surface area (Å²) in [5.74, 6) is -0.562. The molecule has 0 aliphatic carbocycles. The lowest BCUT2D eigenvalue weighted by molar-refractivity contribution is -0.132. The van der Waals surface area contributed by atoms with E-state index in [0.717, 1.165) is 5.56 Å². The summed E-state index contributed by atoms with van der Waals surface area (Å²) in [7, 11) is 3.10. The van der Waals surface area contributed by atoms with Gasteiger partial charge in [0.1, 0.15) is 23.3 Å². The van der Waals surface area contributed by atoms with Gasteiger partial charge in [-0.2, -0.15) is 0 Å². The molecule has 2 heterocycles. The SMILES string of the molecule is COc1cc(C)c(/C(O)=C2\C(=O)C(=O)N(c3ccccc3OC)C2c2ccccn2)cc1C(C)C. The molecule has 7 heteroatoms. The highest BCUT2D eigenvalue weighted by atomic mass is 16.5.